The van der Waals surface area contributed by atoms with Crippen molar-refractivity contribution in [2.24, 2.45) is 0 Å². The number of rotatable bonds is 2. The topological polar surface area (TPSA) is 75.4 Å². The second-order valence-electron chi connectivity index (χ2n) is 3.76. The third kappa shape index (κ3) is 3.21. The van der Waals surface area contributed by atoms with Crippen LogP contribution in [-0.2, 0) is 0 Å². The quantitative estimate of drug-likeness (QED) is 0.800. The minimum atomic E-state index is -0.343. The predicted octanol–water partition coefficient (Wildman–Crippen LogP) is 1.58. The van der Waals surface area contributed by atoms with Crippen LogP contribution in [0.25, 0.3) is 0 Å². The molecule has 2 N–H and O–H groups in total. The number of oxazole rings is 1. The van der Waals surface area contributed by atoms with Crippen molar-refractivity contribution in [3.63, 3.8) is 0 Å². The summed E-state index contributed by atoms with van der Waals surface area (Å²) >= 11 is 0. The molecular weight excluding hydrogens is 244 g/mol. The molecule has 0 atom stereocenters. The largest absolute Gasteiger partial charge is 0.438 e. The van der Waals surface area contributed by atoms with Gasteiger partial charge in [-0.15, -0.1) is 0 Å². The Balaban J connectivity index is 2.08. The molecule has 5 heteroatoms. The average Bonchev–Trinajstić information content (AvgIpc) is 2.84. The summed E-state index contributed by atoms with van der Waals surface area (Å²) in [6.07, 6.45) is 1.23. The molecule has 5 nitrogen and oxygen atoms in total. The van der Waals surface area contributed by atoms with Crippen LogP contribution in [-0.4, -0.2) is 22.6 Å². The summed E-state index contributed by atoms with van der Waals surface area (Å²) in [6.45, 7) is 1.52. The molecule has 96 valence electrons. The number of benzene rings is 1. The van der Waals surface area contributed by atoms with Crippen molar-refractivity contribution in [3.8, 4) is 11.8 Å². The Bertz CT molecular complexity index is 633. The summed E-state index contributed by atoms with van der Waals surface area (Å²) < 4.78 is 5.00. The molecular formula is C14H12N2O3. The molecule has 0 saturated heterocycles. The molecule has 0 aliphatic heterocycles. The van der Waals surface area contributed by atoms with E-state index in [0.29, 0.717) is 11.4 Å². The fourth-order valence-electron chi connectivity index (χ4n) is 1.49. The summed E-state index contributed by atoms with van der Waals surface area (Å²) in [4.78, 5) is 15.7. The summed E-state index contributed by atoms with van der Waals surface area (Å²) in [5.74, 6) is 5.17. The normalized spacial score (nSPS) is 9.58. The standard InChI is InChI=1S/C14H12N2O3/c1-10-13(19-9-15-10)14(18)16-12-6-4-11(5-7-12)3-2-8-17/h4-7,9,17H,8H2,1H3,(H,16,18). The highest BCUT2D eigenvalue weighted by Crippen LogP contribution is 2.12. The lowest BCUT2D eigenvalue weighted by molar-refractivity contribution is 0.0996. The Hall–Kier alpha value is -2.58. The van der Waals surface area contributed by atoms with Crippen molar-refractivity contribution in [3.05, 3.63) is 47.7 Å². The molecule has 0 fully saturated rings. The van der Waals surface area contributed by atoms with Crippen LogP contribution in [0.5, 0.6) is 0 Å². The predicted molar refractivity (Wildman–Crippen MR) is 69.6 cm³/mol. The van der Waals surface area contributed by atoms with E-state index >= 15 is 0 Å². The van der Waals surface area contributed by atoms with Crippen LogP contribution in [0.15, 0.2) is 35.1 Å². The number of nitrogens with one attached hydrogen (secondary N) is 1. The van der Waals surface area contributed by atoms with Crippen LogP contribution in [0.2, 0.25) is 0 Å². The number of aryl methyl sites for hydroxylation is 1. The molecule has 2 rings (SSSR count). The second-order valence-corrected chi connectivity index (χ2v) is 3.76. The van der Waals surface area contributed by atoms with Crippen molar-refractivity contribution in [1.82, 2.24) is 4.98 Å². The molecule has 0 saturated carbocycles. The molecule has 0 bridgehead atoms. The monoisotopic (exact) mass is 256 g/mol. The van der Waals surface area contributed by atoms with E-state index in [9.17, 15) is 4.79 Å². The molecule has 19 heavy (non-hydrogen) atoms. The van der Waals surface area contributed by atoms with Gasteiger partial charge in [-0.1, -0.05) is 11.8 Å². The highest BCUT2D eigenvalue weighted by atomic mass is 16.3. The van der Waals surface area contributed by atoms with Crippen molar-refractivity contribution in [1.29, 1.82) is 0 Å². The first-order valence-corrected chi connectivity index (χ1v) is 5.62. The van der Waals surface area contributed by atoms with E-state index in [2.05, 4.69) is 22.1 Å². The van der Waals surface area contributed by atoms with Gasteiger partial charge in [-0.25, -0.2) is 4.98 Å². The molecule has 1 amide bonds. The minimum Gasteiger partial charge on any atom is -0.438 e. The Morgan fingerprint density at radius 3 is 2.74 bits per heavy atom. The molecule has 2 aromatic rings. The number of aliphatic hydroxyl groups is 1. The van der Waals surface area contributed by atoms with Crippen LogP contribution in [0.1, 0.15) is 21.8 Å². The van der Waals surface area contributed by atoms with Crippen LogP contribution in [0, 0.1) is 18.8 Å². The first-order chi connectivity index (χ1) is 9.20. The maximum absolute atomic E-state index is 11.8. The Morgan fingerprint density at radius 1 is 1.42 bits per heavy atom. The zero-order chi connectivity index (χ0) is 13.7. The van der Waals surface area contributed by atoms with E-state index in [0.717, 1.165) is 5.56 Å². The van der Waals surface area contributed by atoms with Crippen LogP contribution < -0.4 is 5.32 Å². The van der Waals surface area contributed by atoms with Gasteiger partial charge in [0.1, 0.15) is 6.61 Å². The van der Waals surface area contributed by atoms with Gasteiger partial charge in [0.15, 0.2) is 6.39 Å². The fraction of sp³-hybridized carbons (Fsp3) is 0.143. The van der Waals surface area contributed by atoms with Gasteiger partial charge in [-0.2, -0.15) is 0 Å². The van der Waals surface area contributed by atoms with Crippen molar-refractivity contribution < 1.29 is 14.3 Å². The number of nitrogens with zero attached hydrogens (tertiary/aromatic N) is 1. The van der Waals surface area contributed by atoms with E-state index in [1.54, 1.807) is 31.2 Å². The summed E-state index contributed by atoms with van der Waals surface area (Å²) in [5, 5.41) is 11.3. The van der Waals surface area contributed by atoms with E-state index in [4.69, 9.17) is 9.52 Å². The van der Waals surface area contributed by atoms with E-state index in [1.807, 2.05) is 0 Å². The van der Waals surface area contributed by atoms with Gasteiger partial charge in [0.25, 0.3) is 5.91 Å². The number of anilines is 1. The van der Waals surface area contributed by atoms with E-state index in [-0.39, 0.29) is 18.3 Å². The lowest BCUT2D eigenvalue weighted by Gasteiger charge is -2.03. The number of hydrogen-bond acceptors (Lipinski definition) is 4. The van der Waals surface area contributed by atoms with Crippen LogP contribution in [0.3, 0.4) is 0 Å². The van der Waals surface area contributed by atoms with Gasteiger partial charge in [0, 0.05) is 11.3 Å². The van der Waals surface area contributed by atoms with E-state index < -0.39 is 0 Å². The summed E-state index contributed by atoms with van der Waals surface area (Å²) in [6, 6.07) is 6.97. The maximum atomic E-state index is 11.8. The fourth-order valence-corrected chi connectivity index (χ4v) is 1.49. The van der Waals surface area contributed by atoms with Crippen molar-refractivity contribution in [2.45, 2.75) is 6.92 Å². The minimum absolute atomic E-state index is 0.177. The lowest BCUT2D eigenvalue weighted by Crippen LogP contribution is -2.12. The summed E-state index contributed by atoms with van der Waals surface area (Å²) in [5.41, 5.74) is 1.95. The number of carbonyl (C=O) groups is 1. The first kappa shape index (κ1) is 12.9. The molecule has 0 aliphatic carbocycles. The zero-order valence-corrected chi connectivity index (χ0v) is 10.3. The Kier molecular flexibility index (Phi) is 3.96. The highest BCUT2D eigenvalue weighted by molar-refractivity contribution is 6.02. The molecule has 1 aromatic heterocycles. The third-order valence-corrected chi connectivity index (χ3v) is 2.41. The van der Waals surface area contributed by atoms with Gasteiger partial charge in [-0.05, 0) is 31.2 Å². The van der Waals surface area contributed by atoms with Gasteiger partial charge in [0.05, 0.1) is 5.69 Å². The smallest absolute Gasteiger partial charge is 0.293 e. The maximum Gasteiger partial charge on any atom is 0.293 e. The number of hydrogen-bond donors (Lipinski definition) is 2. The molecule has 0 aliphatic rings. The molecule has 0 radical (unpaired) electrons. The number of aliphatic hydroxyl groups excluding tert-OH is 1. The van der Waals surface area contributed by atoms with Crippen molar-refractivity contribution >= 4 is 11.6 Å². The molecule has 0 spiro atoms. The molecule has 1 heterocycles. The van der Waals surface area contributed by atoms with Gasteiger partial charge in [-0.3, -0.25) is 4.79 Å². The van der Waals surface area contributed by atoms with Crippen molar-refractivity contribution in [2.75, 3.05) is 11.9 Å². The third-order valence-electron chi connectivity index (χ3n) is 2.41. The SMILES string of the molecule is Cc1ncoc1C(=O)Nc1ccc(C#CCO)cc1. The highest BCUT2D eigenvalue weighted by Gasteiger charge is 2.13. The molecule has 1 aromatic carbocycles. The number of carbonyl (C=O) groups excluding carboxylic acids is 1. The average molecular weight is 256 g/mol. The number of amides is 1. The van der Waals surface area contributed by atoms with Crippen LogP contribution >= 0.6 is 0 Å². The van der Waals surface area contributed by atoms with Gasteiger partial charge >= 0.3 is 0 Å². The Morgan fingerprint density at radius 2 is 2.16 bits per heavy atom. The van der Waals surface area contributed by atoms with E-state index in [1.165, 1.54) is 6.39 Å². The summed E-state index contributed by atoms with van der Waals surface area (Å²) in [7, 11) is 0. The first-order valence-electron chi connectivity index (χ1n) is 5.62. The molecule has 0 unspecified atom stereocenters. The zero-order valence-electron chi connectivity index (χ0n) is 10.3. The lowest BCUT2D eigenvalue weighted by atomic mass is 10.2. The van der Waals surface area contributed by atoms with Gasteiger partial charge < -0.3 is 14.8 Å². The van der Waals surface area contributed by atoms with Crippen LogP contribution in [0.4, 0.5) is 5.69 Å². The second kappa shape index (κ2) is 5.85. The number of aromatic nitrogens is 1. The van der Waals surface area contributed by atoms with Gasteiger partial charge in [0.2, 0.25) is 5.76 Å². The Labute approximate surface area is 110 Å².